The van der Waals surface area contributed by atoms with Gasteiger partial charge in [0, 0.05) is 5.02 Å². The lowest BCUT2D eigenvalue weighted by molar-refractivity contribution is 0.0650. The molecular weight excluding hydrogens is 292 g/mol. The van der Waals surface area contributed by atoms with Crippen molar-refractivity contribution in [2.24, 2.45) is 5.92 Å². The standard InChI is InChI=1S/C16H17ClO4/c1-9(10-4-2-3-5-10)20-14-12-8-11(17)6-7-13(12)21-15(14)16(18)19/h6-10H,2-5H2,1H3,(H,18,19). The van der Waals surface area contributed by atoms with Crippen molar-refractivity contribution in [2.45, 2.75) is 38.7 Å². The molecule has 1 aromatic heterocycles. The first-order valence-corrected chi connectivity index (χ1v) is 7.56. The summed E-state index contributed by atoms with van der Waals surface area (Å²) >= 11 is 6.00. The molecule has 2 aromatic rings. The van der Waals surface area contributed by atoms with Crippen LogP contribution in [0.5, 0.6) is 5.75 Å². The van der Waals surface area contributed by atoms with Crippen LogP contribution in [-0.4, -0.2) is 17.2 Å². The number of aromatic carboxylic acids is 1. The van der Waals surface area contributed by atoms with Crippen molar-refractivity contribution >= 4 is 28.5 Å². The van der Waals surface area contributed by atoms with Crippen LogP contribution in [0.1, 0.15) is 43.2 Å². The van der Waals surface area contributed by atoms with Crippen LogP contribution in [0.15, 0.2) is 22.6 Å². The Labute approximate surface area is 127 Å². The summed E-state index contributed by atoms with van der Waals surface area (Å²) in [7, 11) is 0. The Morgan fingerprint density at radius 3 is 2.81 bits per heavy atom. The predicted octanol–water partition coefficient (Wildman–Crippen LogP) is 4.74. The summed E-state index contributed by atoms with van der Waals surface area (Å²) in [6.07, 6.45) is 4.63. The van der Waals surface area contributed by atoms with Crippen molar-refractivity contribution in [3.05, 3.63) is 29.0 Å². The van der Waals surface area contributed by atoms with Gasteiger partial charge in [0.2, 0.25) is 0 Å². The van der Waals surface area contributed by atoms with Gasteiger partial charge in [-0.15, -0.1) is 0 Å². The van der Waals surface area contributed by atoms with Crippen molar-refractivity contribution in [1.29, 1.82) is 0 Å². The maximum Gasteiger partial charge on any atom is 0.375 e. The van der Waals surface area contributed by atoms with Gasteiger partial charge in [-0.3, -0.25) is 0 Å². The summed E-state index contributed by atoms with van der Waals surface area (Å²) in [5.41, 5.74) is 0.477. The van der Waals surface area contributed by atoms with E-state index >= 15 is 0 Å². The molecule has 0 saturated heterocycles. The van der Waals surface area contributed by atoms with Gasteiger partial charge in [0.25, 0.3) is 5.76 Å². The largest absolute Gasteiger partial charge is 0.485 e. The minimum absolute atomic E-state index is 0.0367. The third kappa shape index (κ3) is 2.72. The van der Waals surface area contributed by atoms with Crippen LogP contribution in [-0.2, 0) is 0 Å². The van der Waals surface area contributed by atoms with E-state index in [-0.39, 0.29) is 11.9 Å². The molecule has 1 aromatic carbocycles. The number of fused-ring (bicyclic) bond motifs is 1. The molecule has 0 aliphatic heterocycles. The smallest absolute Gasteiger partial charge is 0.375 e. The molecule has 4 nitrogen and oxygen atoms in total. The number of benzene rings is 1. The van der Waals surface area contributed by atoms with E-state index in [0.717, 1.165) is 12.8 Å². The molecule has 0 amide bonds. The van der Waals surface area contributed by atoms with Crippen molar-refractivity contribution < 1.29 is 19.1 Å². The summed E-state index contributed by atoms with van der Waals surface area (Å²) in [4.78, 5) is 11.4. The minimum atomic E-state index is -1.13. The van der Waals surface area contributed by atoms with Gasteiger partial charge in [0.15, 0.2) is 5.75 Å². The Hall–Kier alpha value is -1.68. The molecule has 5 heteroatoms. The number of hydrogen-bond donors (Lipinski definition) is 1. The number of furan rings is 1. The van der Waals surface area contributed by atoms with Gasteiger partial charge < -0.3 is 14.3 Å². The lowest BCUT2D eigenvalue weighted by atomic mass is 10.0. The summed E-state index contributed by atoms with van der Waals surface area (Å²) in [5, 5.41) is 10.4. The van der Waals surface area contributed by atoms with Crippen molar-refractivity contribution in [2.75, 3.05) is 0 Å². The number of hydrogen-bond acceptors (Lipinski definition) is 3. The van der Waals surface area contributed by atoms with Crippen LogP contribution < -0.4 is 4.74 Å². The fourth-order valence-corrected chi connectivity index (χ4v) is 3.19. The van der Waals surface area contributed by atoms with E-state index in [4.69, 9.17) is 20.8 Å². The lowest BCUT2D eigenvalue weighted by Crippen LogP contribution is -2.22. The van der Waals surface area contributed by atoms with Gasteiger partial charge in [-0.25, -0.2) is 4.79 Å². The van der Waals surface area contributed by atoms with Gasteiger partial charge in [-0.1, -0.05) is 24.4 Å². The normalized spacial score (nSPS) is 17.2. The molecule has 1 aliphatic carbocycles. The van der Waals surface area contributed by atoms with E-state index in [1.54, 1.807) is 18.2 Å². The molecule has 0 bridgehead atoms. The number of carbonyl (C=O) groups is 1. The molecule has 1 N–H and O–H groups in total. The summed E-state index contributed by atoms with van der Waals surface area (Å²) in [5.74, 6) is -0.525. The number of halogens is 1. The molecule has 1 aliphatic rings. The van der Waals surface area contributed by atoms with E-state index in [2.05, 4.69) is 0 Å². The Kier molecular flexibility index (Phi) is 3.81. The Bertz CT molecular complexity index is 670. The van der Waals surface area contributed by atoms with Crippen LogP contribution in [0.2, 0.25) is 5.02 Å². The Morgan fingerprint density at radius 2 is 2.14 bits per heavy atom. The monoisotopic (exact) mass is 308 g/mol. The van der Waals surface area contributed by atoms with E-state index in [0.29, 0.717) is 27.7 Å². The number of carboxylic acids is 1. The summed E-state index contributed by atoms with van der Waals surface area (Å²) < 4.78 is 11.4. The van der Waals surface area contributed by atoms with Crippen molar-refractivity contribution in [3.63, 3.8) is 0 Å². The molecule has 1 fully saturated rings. The average molecular weight is 309 g/mol. The second-order valence-electron chi connectivity index (χ2n) is 5.57. The van der Waals surface area contributed by atoms with Crippen LogP contribution >= 0.6 is 11.6 Å². The van der Waals surface area contributed by atoms with Gasteiger partial charge in [0.05, 0.1) is 11.5 Å². The van der Waals surface area contributed by atoms with Gasteiger partial charge >= 0.3 is 5.97 Å². The average Bonchev–Trinajstić information content (AvgIpc) is 3.07. The summed E-state index contributed by atoms with van der Waals surface area (Å²) in [6.45, 7) is 1.99. The number of carboxylic acid groups (broad SMARTS) is 1. The van der Waals surface area contributed by atoms with E-state index in [1.807, 2.05) is 6.92 Å². The quantitative estimate of drug-likeness (QED) is 0.886. The first-order chi connectivity index (χ1) is 10.1. The molecule has 1 atom stereocenters. The molecule has 1 heterocycles. The summed E-state index contributed by atoms with van der Waals surface area (Å²) in [6, 6.07) is 5.02. The maximum absolute atomic E-state index is 11.4. The zero-order chi connectivity index (χ0) is 15.0. The van der Waals surface area contributed by atoms with Crippen molar-refractivity contribution in [1.82, 2.24) is 0 Å². The predicted molar refractivity (Wildman–Crippen MR) is 80.2 cm³/mol. The fraction of sp³-hybridized carbons (Fsp3) is 0.438. The fourth-order valence-electron chi connectivity index (χ4n) is 3.01. The van der Waals surface area contributed by atoms with E-state index < -0.39 is 5.97 Å². The zero-order valence-corrected chi connectivity index (χ0v) is 12.5. The number of rotatable bonds is 4. The van der Waals surface area contributed by atoms with Gasteiger partial charge in [-0.2, -0.15) is 0 Å². The molecule has 112 valence electrons. The topological polar surface area (TPSA) is 59.7 Å². The van der Waals surface area contributed by atoms with Crippen LogP contribution in [0, 0.1) is 5.92 Å². The molecule has 0 spiro atoms. The van der Waals surface area contributed by atoms with Crippen LogP contribution in [0.25, 0.3) is 11.0 Å². The van der Waals surface area contributed by atoms with E-state index in [9.17, 15) is 9.90 Å². The highest BCUT2D eigenvalue weighted by Gasteiger charge is 2.28. The molecule has 1 unspecified atom stereocenters. The molecular formula is C16H17ClO4. The molecule has 0 radical (unpaired) electrons. The third-order valence-corrected chi connectivity index (χ3v) is 4.40. The Balaban J connectivity index is 2.00. The minimum Gasteiger partial charge on any atom is -0.485 e. The first kappa shape index (κ1) is 14.3. The van der Waals surface area contributed by atoms with E-state index in [1.165, 1.54) is 12.8 Å². The first-order valence-electron chi connectivity index (χ1n) is 7.18. The maximum atomic E-state index is 11.4. The SMILES string of the molecule is CC(Oc1c(C(=O)O)oc2ccc(Cl)cc12)C1CCCC1. The second-order valence-corrected chi connectivity index (χ2v) is 6.01. The van der Waals surface area contributed by atoms with Gasteiger partial charge in [-0.05, 0) is 43.9 Å². The molecule has 3 rings (SSSR count). The van der Waals surface area contributed by atoms with Crippen LogP contribution in [0.3, 0.4) is 0 Å². The van der Waals surface area contributed by atoms with Crippen LogP contribution in [0.4, 0.5) is 0 Å². The third-order valence-electron chi connectivity index (χ3n) is 4.17. The molecule has 21 heavy (non-hydrogen) atoms. The lowest BCUT2D eigenvalue weighted by Gasteiger charge is -2.20. The highest BCUT2D eigenvalue weighted by atomic mass is 35.5. The second kappa shape index (κ2) is 5.60. The van der Waals surface area contributed by atoms with Gasteiger partial charge in [0.1, 0.15) is 5.58 Å². The Morgan fingerprint density at radius 1 is 1.43 bits per heavy atom. The zero-order valence-electron chi connectivity index (χ0n) is 11.8. The molecule has 1 saturated carbocycles. The number of ether oxygens (including phenoxy) is 1. The highest BCUT2D eigenvalue weighted by Crippen LogP contribution is 2.38. The van der Waals surface area contributed by atoms with Crippen molar-refractivity contribution in [3.8, 4) is 5.75 Å². The highest BCUT2D eigenvalue weighted by molar-refractivity contribution is 6.31.